The maximum Gasteiger partial charge on any atom is 0.241 e. The predicted molar refractivity (Wildman–Crippen MR) is 87.5 cm³/mol. The molecule has 0 radical (unpaired) electrons. The molecule has 0 amide bonds. The van der Waals surface area contributed by atoms with Crippen molar-refractivity contribution in [3.05, 3.63) is 36.5 Å². The molecule has 2 N–H and O–H groups in total. The molecule has 0 fully saturated rings. The molecule has 122 valence electrons. The Labute approximate surface area is 136 Å². The minimum atomic E-state index is -3.61. The van der Waals surface area contributed by atoms with Crippen molar-refractivity contribution in [1.29, 1.82) is 0 Å². The molecule has 2 aromatic rings. The SMILES string of the molecule is CCN[C@H](C)CNS(=O)(=O)c1ccccc1-c1ccno1.Cl. The second-order valence-electron chi connectivity index (χ2n) is 4.68. The molecule has 0 aliphatic carbocycles. The zero-order chi connectivity index (χ0) is 15.3. The van der Waals surface area contributed by atoms with Crippen LogP contribution in [0, 0.1) is 0 Å². The first kappa shape index (κ1) is 18.6. The van der Waals surface area contributed by atoms with E-state index in [0.29, 0.717) is 17.9 Å². The van der Waals surface area contributed by atoms with Crippen molar-refractivity contribution in [2.24, 2.45) is 0 Å². The molecule has 22 heavy (non-hydrogen) atoms. The van der Waals surface area contributed by atoms with Crippen molar-refractivity contribution in [2.45, 2.75) is 24.8 Å². The van der Waals surface area contributed by atoms with Gasteiger partial charge in [0.25, 0.3) is 0 Å². The van der Waals surface area contributed by atoms with Crippen molar-refractivity contribution >= 4 is 22.4 Å². The van der Waals surface area contributed by atoms with Gasteiger partial charge in [0.15, 0.2) is 5.76 Å². The molecule has 0 spiro atoms. The van der Waals surface area contributed by atoms with Crippen molar-refractivity contribution in [3.63, 3.8) is 0 Å². The minimum Gasteiger partial charge on any atom is -0.356 e. The largest absolute Gasteiger partial charge is 0.356 e. The van der Waals surface area contributed by atoms with Crippen LogP contribution in [0.2, 0.25) is 0 Å². The molecule has 0 saturated carbocycles. The summed E-state index contributed by atoms with van der Waals surface area (Å²) in [6, 6.07) is 8.39. The molecule has 6 nitrogen and oxygen atoms in total. The second kappa shape index (κ2) is 8.28. The molecule has 2 rings (SSSR count). The first-order valence-corrected chi connectivity index (χ1v) is 8.26. The Morgan fingerprint density at radius 3 is 2.64 bits per heavy atom. The van der Waals surface area contributed by atoms with E-state index >= 15 is 0 Å². The number of benzene rings is 1. The van der Waals surface area contributed by atoms with Gasteiger partial charge < -0.3 is 9.84 Å². The summed E-state index contributed by atoms with van der Waals surface area (Å²) in [6.07, 6.45) is 1.49. The second-order valence-corrected chi connectivity index (χ2v) is 6.42. The molecular weight excluding hydrogens is 326 g/mol. The summed E-state index contributed by atoms with van der Waals surface area (Å²) in [7, 11) is -3.61. The number of hydrogen-bond acceptors (Lipinski definition) is 5. The number of nitrogens with zero attached hydrogens (tertiary/aromatic N) is 1. The zero-order valence-electron chi connectivity index (χ0n) is 12.4. The third-order valence-electron chi connectivity index (χ3n) is 3.01. The van der Waals surface area contributed by atoms with Crippen LogP contribution >= 0.6 is 12.4 Å². The maximum absolute atomic E-state index is 12.5. The van der Waals surface area contributed by atoms with Gasteiger partial charge in [-0.1, -0.05) is 24.2 Å². The first-order valence-electron chi connectivity index (χ1n) is 6.77. The highest BCUT2D eigenvalue weighted by Crippen LogP contribution is 2.26. The lowest BCUT2D eigenvalue weighted by Gasteiger charge is -2.14. The molecule has 0 saturated heterocycles. The number of nitrogens with one attached hydrogen (secondary N) is 2. The summed E-state index contributed by atoms with van der Waals surface area (Å²) in [4.78, 5) is 0.186. The lowest BCUT2D eigenvalue weighted by molar-refractivity contribution is 0.431. The van der Waals surface area contributed by atoms with Crippen LogP contribution in [0.15, 0.2) is 45.9 Å². The summed E-state index contributed by atoms with van der Waals surface area (Å²) >= 11 is 0. The number of halogens is 1. The molecule has 8 heteroatoms. The van der Waals surface area contributed by atoms with E-state index in [9.17, 15) is 8.42 Å². The summed E-state index contributed by atoms with van der Waals surface area (Å²) in [5, 5.41) is 6.78. The maximum atomic E-state index is 12.5. The Bertz CT molecular complexity index is 674. The Kier molecular flexibility index (Phi) is 7.02. The molecule has 1 heterocycles. The lowest BCUT2D eigenvalue weighted by Crippen LogP contribution is -2.38. The van der Waals surface area contributed by atoms with Crippen molar-refractivity contribution in [1.82, 2.24) is 15.2 Å². The van der Waals surface area contributed by atoms with E-state index in [2.05, 4.69) is 15.2 Å². The Balaban J connectivity index is 0.00000242. The van der Waals surface area contributed by atoms with Gasteiger partial charge in [-0.2, -0.15) is 0 Å². The van der Waals surface area contributed by atoms with Crippen LogP contribution in [0.1, 0.15) is 13.8 Å². The molecule has 0 bridgehead atoms. The van der Waals surface area contributed by atoms with E-state index in [1.807, 2.05) is 13.8 Å². The standard InChI is InChI=1S/C14H19N3O3S.ClH/c1-3-15-11(2)10-17-21(18,19)14-7-5-4-6-12(14)13-8-9-16-20-13;/h4-9,11,15,17H,3,10H2,1-2H3;1H/t11-;/m1./s1. The van der Waals surface area contributed by atoms with Gasteiger partial charge >= 0.3 is 0 Å². The van der Waals surface area contributed by atoms with Gasteiger partial charge in [-0.15, -0.1) is 12.4 Å². The minimum absolute atomic E-state index is 0. The zero-order valence-corrected chi connectivity index (χ0v) is 14.1. The average Bonchev–Trinajstić information content (AvgIpc) is 3.00. The molecule has 0 aliphatic rings. The monoisotopic (exact) mass is 345 g/mol. The van der Waals surface area contributed by atoms with E-state index in [1.54, 1.807) is 30.3 Å². The lowest BCUT2D eigenvalue weighted by atomic mass is 10.2. The van der Waals surface area contributed by atoms with Gasteiger partial charge in [-0.25, -0.2) is 13.1 Å². The van der Waals surface area contributed by atoms with E-state index in [1.165, 1.54) is 6.20 Å². The van der Waals surface area contributed by atoms with Gasteiger partial charge in [0.1, 0.15) is 0 Å². The number of aromatic nitrogens is 1. The highest BCUT2D eigenvalue weighted by Gasteiger charge is 2.20. The van der Waals surface area contributed by atoms with Crippen molar-refractivity contribution in [2.75, 3.05) is 13.1 Å². The summed E-state index contributed by atoms with van der Waals surface area (Å²) in [6.45, 7) is 5.01. The summed E-state index contributed by atoms with van der Waals surface area (Å²) in [5.74, 6) is 0.427. The summed E-state index contributed by atoms with van der Waals surface area (Å²) < 4.78 is 32.6. The molecule has 1 atom stereocenters. The highest BCUT2D eigenvalue weighted by atomic mass is 35.5. The molecular formula is C14H20ClN3O3S. The number of rotatable bonds is 7. The van der Waals surface area contributed by atoms with Crippen LogP contribution in [0.4, 0.5) is 0 Å². The fourth-order valence-corrected chi connectivity index (χ4v) is 3.33. The van der Waals surface area contributed by atoms with E-state index < -0.39 is 10.0 Å². The average molecular weight is 346 g/mol. The quantitative estimate of drug-likeness (QED) is 0.802. The van der Waals surface area contributed by atoms with Crippen LogP contribution in [0.3, 0.4) is 0 Å². The molecule has 1 aromatic heterocycles. The van der Waals surface area contributed by atoms with Crippen LogP contribution in [-0.2, 0) is 10.0 Å². The third kappa shape index (κ3) is 4.54. The van der Waals surface area contributed by atoms with Crippen molar-refractivity contribution < 1.29 is 12.9 Å². The Hall–Kier alpha value is -1.41. The smallest absolute Gasteiger partial charge is 0.241 e. The topological polar surface area (TPSA) is 84.2 Å². The van der Waals surface area contributed by atoms with Gasteiger partial charge in [0, 0.05) is 24.2 Å². The molecule has 0 aliphatic heterocycles. The molecule has 1 aromatic carbocycles. The summed E-state index contributed by atoms with van der Waals surface area (Å²) in [5.41, 5.74) is 0.499. The van der Waals surface area contributed by atoms with Crippen molar-refractivity contribution in [3.8, 4) is 11.3 Å². The van der Waals surface area contributed by atoms with E-state index in [0.717, 1.165) is 6.54 Å². The van der Waals surface area contributed by atoms with Crippen LogP contribution in [0.25, 0.3) is 11.3 Å². The first-order chi connectivity index (χ1) is 10.0. The van der Waals surface area contributed by atoms with E-state index in [-0.39, 0.29) is 23.3 Å². The Morgan fingerprint density at radius 2 is 2.00 bits per heavy atom. The number of likely N-dealkylation sites (N-methyl/N-ethyl adjacent to an activating group) is 1. The van der Waals surface area contributed by atoms with E-state index in [4.69, 9.17) is 4.52 Å². The highest BCUT2D eigenvalue weighted by molar-refractivity contribution is 7.89. The van der Waals surface area contributed by atoms with Crippen LogP contribution < -0.4 is 10.0 Å². The fraction of sp³-hybridized carbons (Fsp3) is 0.357. The van der Waals surface area contributed by atoms with Gasteiger partial charge in [0.05, 0.1) is 11.1 Å². The fourth-order valence-electron chi connectivity index (χ4n) is 1.99. The predicted octanol–water partition coefficient (Wildman–Crippen LogP) is 2.04. The normalized spacial score (nSPS) is 12.6. The number of sulfonamides is 1. The van der Waals surface area contributed by atoms with Gasteiger partial charge in [0.2, 0.25) is 10.0 Å². The van der Waals surface area contributed by atoms with Crippen LogP contribution in [-0.4, -0.2) is 32.7 Å². The third-order valence-corrected chi connectivity index (χ3v) is 4.49. The number of hydrogen-bond donors (Lipinski definition) is 2. The Morgan fingerprint density at radius 1 is 1.27 bits per heavy atom. The van der Waals surface area contributed by atoms with Gasteiger partial charge in [-0.05, 0) is 25.6 Å². The molecule has 0 unspecified atom stereocenters. The van der Waals surface area contributed by atoms with Gasteiger partial charge in [-0.3, -0.25) is 0 Å². The van der Waals surface area contributed by atoms with Crippen LogP contribution in [0.5, 0.6) is 0 Å².